The smallest absolute Gasteiger partial charge is 0.232 e. The normalized spacial score (nSPS) is 21.7. The van der Waals surface area contributed by atoms with Crippen LogP contribution in [-0.2, 0) is 9.59 Å². The van der Waals surface area contributed by atoms with Gasteiger partial charge in [0.1, 0.15) is 0 Å². The van der Waals surface area contributed by atoms with E-state index in [9.17, 15) is 9.59 Å². The van der Waals surface area contributed by atoms with Crippen molar-refractivity contribution in [3.05, 3.63) is 75.4 Å². The van der Waals surface area contributed by atoms with Crippen molar-refractivity contribution in [1.29, 1.82) is 0 Å². The molecule has 0 N–H and O–H groups in total. The fraction of sp³-hybridized carbons (Fsp3) is 0.333. The number of hydrogen-bond donors (Lipinski definition) is 0. The fourth-order valence-corrected chi connectivity index (χ4v) is 4.91. The van der Waals surface area contributed by atoms with E-state index in [0.29, 0.717) is 12.8 Å². The molecule has 28 heavy (non-hydrogen) atoms. The number of hydrogen-bond acceptors (Lipinski definition) is 2. The quantitative estimate of drug-likeness (QED) is 0.584. The zero-order valence-electron chi connectivity index (χ0n) is 16.5. The van der Waals surface area contributed by atoms with Crippen LogP contribution >= 0.6 is 15.9 Å². The third-order valence-electron chi connectivity index (χ3n) is 5.65. The Morgan fingerprint density at radius 3 is 2.50 bits per heavy atom. The topological polar surface area (TPSA) is 37.4 Å². The number of ketones is 1. The number of allylic oxidation sites excluding steroid dienone is 2. The summed E-state index contributed by atoms with van der Waals surface area (Å²) in [7, 11) is 0. The summed E-state index contributed by atoms with van der Waals surface area (Å²) in [5, 5.41) is 0. The summed E-state index contributed by atoms with van der Waals surface area (Å²) in [4.78, 5) is 28.4. The van der Waals surface area contributed by atoms with E-state index >= 15 is 0 Å². The molecule has 0 radical (unpaired) electrons. The van der Waals surface area contributed by atoms with E-state index in [4.69, 9.17) is 0 Å². The largest absolute Gasteiger partial charge is 0.294 e. The van der Waals surface area contributed by atoms with E-state index in [2.05, 4.69) is 29.8 Å². The molecule has 0 saturated heterocycles. The van der Waals surface area contributed by atoms with E-state index in [1.807, 2.05) is 55.5 Å². The summed E-state index contributed by atoms with van der Waals surface area (Å²) in [6, 6.07) is 15.9. The van der Waals surface area contributed by atoms with E-state index in [1.165, 1.54) is 0 Å². The molecule has 2 aromatic rings. The summed E-state index contributed by atoms with van der Waals surface area (Å²) >= 11 is 3.53. The van der Waals surface area contributed by atoms with Crippen LogP contribution in [0.5, 0.6) is 0 Å². The minimum Gasteiger partial charge on any atom is -0.294 e. The van der Waals surface area contributed by atoms with Gasteiger partial charge in [0.05, 0.1) is 0 Å². The summed E-state index contributed by atoms with van der Waals surface area (Å²) in [6.45, 7) is 6.24. The van der Waals surface area contributed by atoms with E-state index in [0.717, 1.165) is 39.0 Å². The van der Waals surface area contributed by atoms with Gasteiger partial charge >= 0.3 is 0 Å². The van der Waals surface area contributed by atoms with Crippen molar-refractivity contribution < 1.29 is 9.59 Å². The predicted molar refractivity (Wildman–Crippen MR) is 115 cm³/mol. The monoisotopic (exact) mass is 437 g/mol. The lowest BCUT2D eigenvalue weighted by Gasteiger charge is -2.43. The van der Waals surface area contributed by atoms with E-state index < -0.39 is 0 Å². The zero-order chi connectivity index (χ0) is 20.1. The number of amides is 1. The van der Waals surface area contributed by atoms with Gasteiger partial charge in [0.25, 0.3) is 0 Å². The average molecular weight is 438 g/mol. The molecule has 0 spiro atoms. The molecule has 1 heterocycles. The Balaban J connectivity index is 1.91. The lowest BCUT2D eigenvalue weighted by atomic mass is 9.69. The highest BCUT2D eigenvalue weighted by Crippen LogP contribution is 2.48. The van der Waals surface area contributed by atoms with Crippen LogP contribution in [0.2, 0.25) is 0 Å². The molecular formula is C24H24BrNO2. The van der Waals surface area contributed by atoms with Gasteiger partial charge in [-0.1, -0.05) is 54.0 Å². The molecule has 1 atom stereocenters. The molecule has 0 fully saturated rings. The first kappa shape index (κ1) is 19.1. The molecule has 144 valence electrons. The maximum absolute atomic E-state index is 13.3. The number of Topliss-reactive ketones (excluding diaryl/α,β-unsaturated/α-hetero) is 1. The Hall–Kier alpha value is -2.20. The van der Waals surface area contributed by atoms with Gasteiger partial charge in [-0.3, -0.25) is 14.5 Å². The molecule has 0 aromatic heterocycles. The fourth-order valence-electron chi connectivity index (χ4n) is 4.49. The van der Waals surface area contributed by atoms with Crippen molar-refractivity contribution in [3.8, 4) is 0 Å². The number of halogens is 1. The van der Waals surface area contributed by atoms with Crippen LogP contribution < -0.4 is 4.90 Å². The Bertz CT molecular complexity index is 1010. The summed E-state index contributed by atoms with van der Waals surface area (Å²) in [5.74, 6) is 0.0471. The number of rotatable bonds is 2. The van der Waals surface area contributed by atoms with Crippen molar-refractivity contribution in [2.45, 2.75) is 46.0 Å². The second kappa shape index (κ2) is 7.00. The van der Waals surface area contributed by atoms with Gasteiger partial charge < -0.3 is 0 Å². The van der Waals surface area contributed by atoms with Crippen molar-refractivity contribution in [2.24, 2.45) is 5.41 Å². The van der Waals surface area contributed by atoms with Gasteiger partial charge in [-0.05, 0) is 54.2 Å². The summed E-state index contributed by atoms with van der Waals surface area (Å²) in [6.07, 6.45) is 1.56. The number of anilines is 1. The molecule has 3 nitrogen and oxygen atoms in total. The van der Waals surface area contributed by atoms with Gasteiger partial charge in [-0.15, -0.1) is 0 Å². The number of benzene rings is 2. The maximum Gasteiger partial charge on any atom is 0.232 e. The third-order valence-corrected chi connectivity index (χ3v) is 6.15. The summed E-state index contributed by atoms with van der Waals surface area (Å²) in [5.41, 5.74) is 4.52. The minimum atomic E-state index is -0.176. The molecule has 1 aliphatic heterocycles. The Kier molecular flexibility index (Phi) is 4.78. The van der Waals surface area contributed by atoms with Crippen LogP contribution in [0.3, 0.4) is 0 Å². The lowest BCUT2D eigenvalue weighted by Crippen LogP contribution is -2.43. The molecule has 4 rings (SSSR count). The van der Waals surface area contributed by atoms with Gasteiger partial charge in [0.15, 0.2) is 5.78 Å². The van der Waals surface area contributed by atoms with Gasteiger partial charge in [-0.25, -0.2) is 0 Å². The van der Waals surface area contributed by atoms with Crippen LogP contribution in [-0.4, -0.2) is 11.7 Å². The average Bonchev–Trinajstić information content (AvgIpc) is 2.59. The van der Waals surface area contributed by atoms with Crippen LogP contribution in [0.1, 0.15) is 50.2 Å². The second-order valence-electron chi connectivity index (χ2n) is 8.68. The van der Waals surface area contributed by atoms with Gasteiger partial charge in [0, 0.05) is 40.2 Å². The van der Waals surface area contributed by atoms with Crippen LogP contribution in [0, 0.1) is 12.3 Å². The van der Waals surface area contributed by atoms with Crippen LogP contribution in [0.25, 0.3) is 0 Å². The Labute approximate surface area is 174 Å². The van der Waals surface area contributed by atoms with Crippen molar-refractivity contribution >= 4 is 33.3 Å². The highest BCUT2D eigenvalue weighted by atomic mass is 79.9. The highest BCUT2D eigenvalue weighted by Gasteiger charge is 2.44. The van der Waals surface area contributed by atoms with Gasteiger partial charge in [-0.2, -0.15) is 0 Å². The molecule has 2 aromatic carbocycles. The number of nitrogens with zero attached hydrogens (tertiary/aromatic N) is 1. The highest BCUT2D eigenvalue weighted by molar-refractivity contribution is 9.10. The van der Waals surface area contributed by atoms with Crippen LogP contribution in [0.4, 0.5) is 5.69 Å². The van der Waals surface area contributed by atoms with Gasteiger partial charge in [0.2, 0.25) is 5.91 Å². The maximum atomic E-state index is 13.3. The third kappa shape index (κ3) is 3.46. The van der Waals surface area contributed by atoms with Crippen molar-refractivity contribution in [2.75, 3.05) is 4.90 Å². The first-order valence-corrected chi connectivity index (χ1v) is 10.5. The van der Waals surface area contributed by atoms with Crippen molar-refractivity contribution in [3.63, 3.8) is 0 Å². The number of aryl methyl sites for hydroxylation is 1. The standard InChI is InChI=1S/C24H24BrNO2/c1-15-6-4-9-18(10-15)26-20-13-24(2,3)14-21(27)23(20)19(12-22(26)28)16-7-5-8-17(25)11-16/h4-11,19H,12-14H2,1-3H3. The molecular weight excluding hydrogens is 414 g/mol. The molecule has 1 unspecified atom stereocenters. The molecule has 1 amide bonds. The van der Waals surface area contributed by atoms with Crippen LogP contribution in [0.15, 0.2) is 64.3 Å². The molecule has 1 aliphatic carbocycles. The zero-order valence-corrected chi connectivity index (χ0v) is 18.0. The first-order chi connectivity index (χ1) is 13.2. The second-order valence-corrected chi connectivity index (χ2v) is 9.60. The molecule has 0 bridgehead atoms. The lowest BCUT2D eigenvalue weighted by molar-refractivity contribution is -0.121. The Morgan fingerprint density at radius 2 is 1.79 bits per heavy atom. The summed E-state index contributed by atoms with van der Waals surface area (Å²) < 4.78 is 0.962. The molecule has 0 saturated carbocycles. The number of carbonyl (C=O) groups is 2. The minimum absolute atomic E-state index is 0.0554. The SMILES string of the molecule is Cc1cccc(N2C(=O)CC(c3cccc(Br)c3)C3=C2CC(C)(C)CC3=O)c1. The Morgan fingerprint density at radius 1 is 1.04 bits per heavy atom. The van der Waals surface area contributed by atoms with Crippen molar-refractivity contribution in [1.82, 2.24) is 0 Å². The van der Waals surface area contributed by atoms with E-state index in [1.54, 1.807) is 4.90 Å². The molecule has 4 heteroatoms. The number of carbonyl (C=O) groups excluding carboxylic acids is 2. The molecule has 2 aliphatic rings. The first-order valence-electron chi connectivity index (χ1n) is 9.66. The predicted octanol–water partition coefficient (Wildman–Crippen LogP) is 5.92. The van der Waals surface area contributed by atoms with E-state index in [-0.39, 0.29) is 23.0 Å².